The largest absolute Gasteiger partial charge is 0.324 e. The molecule has 0 bridgehead atoms. The molecule has 4 heteroatoms. The number of piperazine rings is 1. The van der Waals surface area contributed by atoms with Gasteiger partial charge < -0.3 is 16.0 Å². The summed E-state index contributed by atoms with van der Waals surface area (Å²) in [6.45, 7) is 7.89. The first kappa shape index (κ1) is 15.0. The molecule has 106 valence electrons. The van der Waals surface area contributed by atoms with Crippen molar-refractivity contribution >= 4 is 15.9 Å². The van der Waals surface area contributed by atoms with E-state index in [2.05, 4.69) is 51.3 Å². The zero-order valence-corrected chi connectivity index (χ0v) is 13.2. The Morgan fingerprint density at radius 2 is 2.11 bits per heavy atom. The Morgan fingerprint density at radius 3 is 2.84 bits per heavy atom. The molecule has 0 radical (unpaired) electrons. The fourth-order valence-electron chi connectivity index (χ4n) is 2.64. The first-order valence-electron chi connectivity index (χ1n) is 7.11. The van der Waals surface area contributed by atoms with Gasteiger partial charge in [0, 0.05) is 36.7 Å². The van der Waals surface area contributed by atoms with Gasteiger partial charge in [0.25, 0.3) is 0 Å². The first-order valence-corrected chi connectivity index (χ1v) is 7.91. The highest BCUT2D eigenvalue weighted by molar-refractivity contribution is 9.10. The van der Waals surface area contributed by atoms with Gasteiger partial charge in [0.05, 0.1) is 0 Å². The molecule has 1 aromatic carbocycles. The minimum absolute atomic E-state index is 0.153. The van der Waals surface area contributed by atoms with Crippen molar-refractivity contribution in [2.75, 3.05) is 32.7 Å². The van der Waals surface area contributed by atoms with Crippen LogP contribution in [0.2, 0.25) is 0 Å². The molecule has 0 amide bonds. The van der Waals surface area contributed by atoms with Crippen molar-refractivity contribution in [3.05, 3.63) is 33.8 Å². The van der Waals surface area contributed by atoms with Crippen LogP contribution >= 0.6 is 15.9 Å². The summed E-state index contributed by atoms with van der Waals surface area (Å²) in [6, 6.07) is 6.52. The highest BCUT2D eigenvalue weighted by atomic mass is 79.9. The van der Waals surface area contributed by atoms with E-state index in [9.17, 15) is 0 Å². The Balaban J connectivity index is 1.80. The van der Waals surface area contributed by atoms with Crippen molar-refractivity contribution in [1.29, 1.82) is 0 Å². The summed E-state index contributed by atoms with van der Waals surface area (Å²) in [5, 5.41) is 3.38. The molecular formula is C15H24BrN3. The van der Waals surface area contributed by atoms with E-state index in [4.69, 9.17) is 5.73 Å². The average molecular weight is 326 g/mol. The van der Waals surface area contributed by atoms with E-state index in [1.165, 1.54) is 37.2 Å². The summed E-state index contributed by atoms with van der Waals surface area (Å²) in [6.07, 6.45) is 2.23. The quantitative estimate of drug-likeness (QED) is 0.873. The zero-order valence-electron chi connectivity index (χ0n) is 11.7. The van der Waals surface area contributed by atoms with Gasteiger partial charge in [-0.2, -0.15) is 0 Å². The summed E-state index contributed by atoms with van der Waals surface area (Å²) in [5.74, 6) is 0. The van der Waals surface area contributed by atoms with Crippen molar-refractivity contribution in [2.24, 2.45) is 5.73 Å². The molecule has 3 N–H and O–H groups in total. The predicted octanol–water partition coefficient (Wildman–Crippen LogP) is 2.44. The molecule has 1 saturated heterocycles. The third kappa shape index (κ3) is 4.56. The van der Waals surface area contributed by atoms with Gasteiger partial charge in [0.15, 0.2) is 0 Å². The molecule has 1 atom stereocenters. The lowest BCUT2D eigenvalue weighted by Gasteiger charge is -2.27. The molecule has 19 heavy (non-hydrogen) atoms. The average Bonchev–Trinajstić information content (AvgIpc) is 2.42. The molecule has 1 heterocycles. The third-order valence-electron chi connectivity index (χ3n) is 3.84. The van der Waals surface area contributed by atoms with Gasteiger partial charge in [0.2, 0.25) is 0 Å². The van der Waals surface area contributed by atoms with Gasteiger partial charge >= 0.3 is 0 Å². The van der Waals surface area contributed by atoms with Crippen LogP contribution < -0.4 is 11.1 Å². The number of hydrogen-bond donors (Lipinski definition) is 2. The van der Waals surface area contributed by atoms with Crippen molar-refractivity contribution in [2.45, 2.75) is 25.8 Å². The fourth-order valence-corrected chi connectivity index (χ4v) is 3.01. The van der Waals surface area contributed by atoms with Crippen LogP contribution in [0.3, 0.4) is 0 Å². The number of halogens is 1. The highest BCUT2D eigenvalue weighted by Crippen LogP contribution is 2.23. The highest BCUT2D eigenvalue weighted by Gasteiger charge is 2.12. The molecule has 1 aromatic rings. The number of nitrogens with zero attached hydrogens (tertiary/aromatic N) is 1. The van der Waals surface area contributed by atoms with Crippen LogP contribution in [0, 0.1) is 6.92 Å². The molecule has 2 rings (SSSR count). The van der Waals surface area contributed by atoms with Crippen LogP contribution in [0.1, 0.15) is 30.0 Å². The van der Waals surface area contributed by atoms with Crippen LogP contribution in [-0.2, 0) is 0 Å². The number of aryl methyl sites for hydroxylation is 1. The number of nitrogens with one attached hydrogen (secondary N) is 1. The molecule has 0 aliphatic carbocycles. The van der Waals surface area contributed by atoms with E-state index in [-0.39, 0.29) is 6.04 Å². The Hall–Kier alpha value is -0.420. The molecule has 1 aliphatic heterocycles. The minimum atomic E-state index is 0.153. The Kier molecular flexibility index (Phi) is 5.82. The van der Waals surface area contributed by atoms with Crippen LogP contribution in [0.15, 0.2) is 22.7 Å². The molecule has 1 fully saturated rings. The zero-order chi connectivity index (χ0) is 13.7. The number of hydrogen-bond acceptors (Lipinski definition) is 3. The van der Waals surface area contributed by atoms with Gasteiger partial charge in [0.1, 0.15) is 0 Å². The number of rotatable bonds is 5. The lowest BCUT2D eigenvalue weighted by molar-refractivity contribution is 0.235. The van der Waals surface area contributed by atoms with Crippen LogP contribution in [0.4, 0.5) is 0 Å². The van der Waals surface area contributed by atoms with Crippen LogP contribution in [0.25, 0.3) is 0 Å². The molecule has 0 spiro atoms. The van der Waals surface area contributed by atoms with Gasteiger partial charge in [-0.25, -0.2) is 0 Å². The van der Waals surface area contributed by atoms with E-state index in [1.54, 1.807) is 0 Å². The third-order valence-corrected chi connectivity index (χ3v) is 4.33. The summed E-state index contributed by atoms with van der Waals surface area (Å²) in [7, 11) is 0. The second-order valence-corrected chi connectivity index (χ2v) is 6.26. The molecule has 0 aromatic heterocycles. The van der Waals surface area contributed by atoms with Crippen molar-refractivity contribution in [3.8, 4) is 0 Å². The van der Waals surface area contributed by atoms with Crippen molar-refractivity contribution < 1.29 is 0 Å². The van der Waals surface area contributed by atoms with E-state index < -0.39 is 0 Å². The van der Waals surface area contributed by atoms with Crippen molar-refractivity contribution in [3.63, 3.8) is 0 Å². The molecular weight excluding hydrogens is 302 g/mol. The van der Waals surface area contributed by atoms with Gasteiger partial charge in [-0.05, 0) is 49.6 Å². The van der Waals surface area contributed by atoms with Crippen LogP contribution in [0.5, 0.6) is 0 Å². The van der Waals surface area contributed by atoms with Crippen molar-refractivity contribution in [1.82, 2.24) is 10.2 Å². The summed E-state index contributed by atoms with van der Waals surface area (Å²) < 4.78 is 1.12. The lowest BCUT2D eigenvalue weighted by atomic mass is 9.98. The standard InChI is InChI=1S/C15H24BrN3/c1-12-4-5-13(16)11-14(12)15(17)3-2-8-19-9-6-18-7-10-19/h4-5,11,15,18H,2-3,6-10,17H2,1H3. The van der Waals surface area contributed by atoms with E-state index in [0.29, 0.717) is 0 Å². The molecule has 0 saturated carbocycles. The van der Waals surface area contributed by atoms with Crippen LogP contribution in [-0.4, -0.2) is 37.6 Å². The first-order chi connectivity index (χ1) is 9.16. The second-order valence-electron chi connectivity index (χ2n) is 5.34. The van der Waals surface area contributed by atoms with Gasteiger partial charge in [-0.1, -0.05) is 22.0 Å². The molecule has 1 aliphatic rings. The number of nitrogens with two attached hydrogens (primary N) is 1. The number of benzene rings is 1. The maximum absolute atomic E-state index is 6.33. The summed E-state index contributed by atoms with van der Waals surface area (Å²) in [5.41, 5.74) is 8.89. The Labute approximate surface area is 124 Å². The Morgan fingerprint density at radius 1 is 1.37 bits per heavy atom. The maximum Gasteiger partial charge on any atom is 0.0298 e. The predicted molar refractivity (Wildman–Crippen MR) is 84.4 cm³/mol. The molecule has 1 unspecified atom stereocenters. The summed E-state index contributed by atoms with van der Waals surface area (Å²) >= 11 is 3.52. The van der Waals surface area contributed by atoms with E-state index in [1.807, 2.05) is 0 Å². The smallest absolute Gasteiger partial charge is 0.0298 e. The van der Waals surface area contributed by atoms with Gasteiger partial charge in [-0.3, -0.25) is 0 Å². The molecule has 3 nitrogen and oxygen atoms in total. The minimum Gasteiger partial charge on any atom is -0.324 e. The monoisotopic (exact) mass is 325 g/mol. The van der Waals surface area contributed by atoms with Gasteiger partial charge in [-0.15, -0.1) is 0 Å². The van der Waals surface area contributed by atoms with E-state index >= 15 is 0 Å². The second kappa shape index (κ2) is 7.39. The lowest BCUT2D eigenvalue weighted by Crippen LogP contribution is -2.43. The maximum atomic E-state index is 6.33. The normalized spacial score (nSPS) is 18.5. The summed E-state index contributed by atoms with van der Waals surface area (Å²) in [4.78, 5) is 2.52. The van der Waals surface area contributed by atoms with E-state index in [0.717, 1.165) is 24.0 Å². The SMILES string of the molecule is Cc1ccc(Br)cc1C(N)CCCN1CCNCC1. The fraction of sp³-hybridized carbons (Fsp3) is 0.600. The topological polar surface area (TPSA) is 41.3 Å². The Bertz CT molecular complexity index is 402.